The lowest BCUT2D eigenvalue weighted by Gasteiger charge is -2.24. The number of aliphatic carboxylic acids is 1. The topological polar surface area (TPSA) is 50.4 Å². The zero-order chi connectivity index (χ0) is 11.0. The summed E-state index contributed by atoms with van der Waals surface area (Å²) in [6.45, 7) is 1.74. The Balaban J connectivity index is 2.33. The molecule has 1 aromatic heterocycles. The highest BCUT2D eigenvalue weighted by atomic mass is 35.5. The summed E-state index contributed by atoms with van der Waals surface area (Å²) in [5.74, 6) is -0.227. The van der Waals surface area contributed by atoms with Gasteiger partial charge < -0.3 is 9.52 Å². The molecule has 1 aliphatic rings. The van der Waals surface area contributed by atoms with Crippen molar-refractivity contribution in [1.29, 1.82) is 0 Å². The number of halogens is 1. The van der Waals surface area contributed by atoms with Crippen molar-refractivity contribution >= 4 is 17.6 Å². The molecular formula is C11H13ClO3. The Morgan fingerprint density at radius 1 is 1.73 bits per heavy atom. The fourth-order valence-electron chi connectivity index (χ4n) is 2.25. The fraction of sp³-hybridized carbons (Fsp3) is 0.545. The molecule has 0 saturated carbocycles. The van der Waals surface area contributed by atoms with Crippen LogP contribution in [0.2, 0.25) is 5.22 Å². The monoisotopic (exact) mass is 228 g/mol. The summed E-state index contributed by atoms with van der Waals surface area (Å²) < 4.78 is 5.34. The van der Waals surface area contributed by atoms with Crippen molar-refractivity contribution in [3.63, 3.8) is 0 Å². The maximum Gasteiger partial charge on any atom is 0.306 e. The lowest BCUT2D eigenvalue weighted by atomic mass is 9.79. The average Bonchev–Trinajstić information content (AvgIpc) is 2.56. The Bertz CT molecular complexity index is 383. The first-order valence-corrected chi connectivity index (χ1v) is 5.48. The molecule has 2 rings (SSSR count). The lowest BCUT2D eigenvalue weighted by Crippen LogP contribution is -2.21. The molecule has 0 aromatic carbocycles. The van der Waals surface area contributed by atoms with E-state index in [1.54, 1.807) is 13.0 Å². The van der Waals surface area contributed by atoms with Crippen LogP contribution in [-0.2, 0) is 11.2 Å². The van der Waals surface area contributed by atoms with E-state index in [2.05, 4.69) is 0 Å². The SMILES string of the molecule is CC(C(=O)O)C1CCCc2oc(Cl)cc21. The normalized spacial score (nSPS) is 22.1. The highest BCUT2D eigenvalue weighted by Gasteiger charge is 2.31. The summed E-state index contributed by atoms with van der Waals surface area (Å²) in [4.78, 5) is 11.0. The minimum atomic E-state index is -0.759. The Morgan fingerprint density at radius 3 is 3.13 bits per heavy atom. The Labute approximate surface area is 93.0 Å². The van der Waals surface area contributed by atoms with E-state index in [1.807, 2.05) is 0 Å². The fourth-order valence-corrected chi connectivity index (χ4v) is 2.46. The van der Waals surface area contributed by atoms with Gasteiger partial charge >= 0.3 is 5.97 Å². The molecule has 0 saturated heterocycles. The van der Waals surface area contributed by atoms with Crippen LogP contribution in [0.25, 0.3) is 0 Å². The van der Waals surface area contributed by atoms with E-state index in [9.17, 15) is 4.79 Å². The maximum absolute atomic E-state index is 11.0. The van der Waals surface area contributed by atoms with E-state index in [4.69, 9.17) is 21.1 Å². The number of carbonyl (C=O) groups is 1. The molecule has 1 aliphatic carbocycles. The predicted molar refractivity (Wildman–Crippen MR) is 56.2 cm³/mol. The summed E-state index contributed by atoms with van der Waals surface area (Å²) in [5.41, 5.74) is 0.987. The molecule has 0 bridgehead atoms. The number of furan rings is 1. The molecule has 82 valence electrons. The molecule has 4 heteroatoms. The van der Waals surface area contributed by atoms with Crippen LogP contribution < -0.4 is 0 Å². The summed E-state index contributed by atoms with van der Waals surface area (Å²) in [6.07, 6.45) is 2.74. The molecule has 2 atom stereocenters. The Hall–Kier alpha value is -0.960. The number of aryl methyl sites for hydroxylation is 1. The molecule has 0 fully saturated rings. The summed E-state index contributed by atoms with van der Waals surface area (Å²) in [5, 5.41) is 9.37. The third kappa shape index (κ3) is 1.88. The smallest absolute Gasteiger partial charge is 0.306 e. The molecule has 0 spiro atoms. The van der Waals surface area contributed by atoms with Gasteiger partial charge in [-0.2, -0.15) is 0 Å². The Kier molecular flexibility index (Phi) is 2.74. The number of fused-ring (bicyclic) bond motifs is 1. The second kappa shape index (κ2) is 3.89. The number of hydrogen-bond acceptors (Lipinski definition) is 2. The quantitative estimate of drug-likeness (QED) is 0.846. The summed E-state index contributed by atoms with van der Waals surface area (Å²) in [7, 11) is 0. The van der Waals surface area contributed by atoms with E-state index in [-0.39, 0.29) is 11.8 Å². The van der Waals surface area contributed by atoms with E-state index in [1.165, 1.54) is 0 Å². The van der Waals surface area contributed by atoms with Crippen molar-refractivity contribution in [2.24, 2.45) is 5.92 Å². The van der Waals surface area contributed by atoms with Gasteiger partial charge in [0.15, 0.2) is 5.22 Å². The van der Waals surface area contributed by atoms with E-state index < -0.39 is 5.97 Å². The standard InChI is InChI=1S/C11H13ClO3/c1-6(11(13)14)7-3-2-4-9-8(7)5-10(12)15-9/h5-7H,2-4H2,1H3,(H,13,14). The first kappa shape index (κ1) is 10.6. The number of carboxylic acids is 1. The van der Waals surface area contributed by atoms with Gasteiger partial charge in [-0.15, -0.1) is 0 Å². The van der Waals surface area contributed by atoms with Crippen molar-refractivity contribution in [2.75, 3.05) is 0 Å². The first-order valence-electron chi connectivity index (χ1n) is 5.10. The molecule has 1 heterocycles. The number of hydrogen-bond donors (Lipinski definition) is 1. The van der Waals surface area contributed by atoms with Crippen molar-refractivity contribution in [1.82, 2.24) is 0 Å². The largest absolute Gasteiger partial charge is 0.481 e. The van der Waals surface area contributed by atoms with Crippen LogP contribution in [0, 0.1) is 5.92 Å². The molecule has 0 radical (unpaired) electrons. The maximum atomic E-state index is 11.0. The lowest BCUT2D eigenvalue weighted by molar-refractivity contribution is -0.142. The van der Waals surface area contributed by atoms with E-state index in [0.717, 1.165) is 30.6 Å². The van der Waals surface area contributed by atoms with Gasteiger partial charge in [-0.3, -0.25) is 4.79 Å². The third-order valence-electron chi connectivity index (χ3n) is 3.12. The van der Waals surface area contributed by atoms with Gasteiger partial charge in [0, 0.05) is 12.3 Å². The van der Waals surface area contributed by atoms with Gasteiger partial charge in [-0.05, 0) is 36.1 Å². The Morgan fingerprint density at radius 2 is 2.47 bits per heavy atom. The molecule has 1 aromatic rings. The third-order valence-corrected chi connectivity index (χ3v) is 3.31. The van der Waals surface area contributed by atoms with Crippen LogP contribution >= 0.6 is 11.6 Å². The molecule has 1 N–H and O–H groups in total. The zero-order valence-corrected chi connectivity index (χ0v) is 9.25. The molecule has 0 amide bonds. The average molecular weight is 229 g/mol. The van der Waals surface area contributed by atoms with Crippen LogP contribution in [0.5, 0.6) is 0 Å². The minimum Gasteiger partial charge on any atom is -0.481 e. The van der Waals surface area contributed by atoms with Gasteiger partial charge in [-0.1, -0.05) is 6.92 Å². The van der Waals surface area contributed by atoms with Crippen LogP contribution in [0.4, 0.5) is 0 Å². The van der Waals surface area contributed by atoms with Crippen molar-refractivity contribution < 1.29 is 14.3 Å². The molecule has 3 nitrogen and oxygen atoms in total. The van der Waals surface area contributed by atoms with Gasteiger partial charge in [0.05, 0.1) is 5.92 Å². The van der Waals surface area contributed by atoms with E-state index >= 15 is 0 Å². The highest BCUT2D eigenvalue weighted by Crippen LogP contribution is 2.39. The number of rotatable bonds is 2. The van der Waals surface area contributed by atoms with Crippen LogP contribution in [0.15, 0.2) is 10.5 Å². The van der Waals surface area contributed by atoms with Crippen LogP contribution in [-0.4, -0.2) is 11.1 Å². The first-order chi connectivity index (χ1) is 7.09. The predicted octanol–water partition coefficient (Wildman–Crippen LogP) is 3.07. The van der Waals surface area contributed by atoms with Crippen LogP contribution in [0.3, 0.4) is 0 Å². The minimum absolute atomic E-state index is 0.0440. The second-order valence-electron chi connectivity index (χ2n) is 4.05. The van der Waals surface area contributed by atoms with E-state index in [0.29, 0.717) is 5.22 Å². The van der Waals surface area contributed by atoms with Gasteiger partial charge in [0.1, 0.15) is 5.76 Å². The highest BCUT2D eigenvalue weighted by molar-refractivity contribution is 6.28. The van der Waals surface area contributed by atoms with Crippen molar-refractivity contribution in [3.8, 4) is 0 Å². The van der Waals surface area contributed by atoms with Crippen molar-refractivity contribution in [2.45, 2.75) is 32.1 Å². The van der Waals surface area contributed by atoms with Gasteiger partial charge in [0.2, 0.25) is 0 Å². The van der Waals surface area contributed by atoms with Gasteiger partial charge in [-0.25, -0.2) is 0 Å². The van der Waals surface area contributed by atoms with Crippen LogP contribution in [0.1, 0.15) is 37.0 Å². The zero-order valence-electron chi connectivity index (χ0n) is 8.50. The molecule has 2 unspecified atom stereocenters. The molecule has 0 aliphatic heterocycles. The molecular weight excluding hydrogens is 216 g/mol. The van der Waals surface area contributed by atoms with Crippen molar-refractivity contribution in [3.05, 3.63) is 22.6 Å². The molecule has 15 heavy (non-hydrogen) atoms. The summed E-state index contributed by atoms with van der Waals surface area (Å²) in [6, 6.07) is 1.76. The summed E-state index contributed by atoms with van der Waals surface area (Å²) >= 11 is 5.79. The number of carboxylic acid groups (broad SMARTS) is 1. The van der Waals surface area contributed by atoms with Gasteiger partial charge in [0.25, 0.3) is 0 Å². The second-order valence-corrected chi connectivity index (χ2v) is 4.43.